The number of phenols is 1. The summed E-state index contributed by atoms with van der Waals surface area (Å²) >= 11 is 0. The summed E-state index contributed by atoms with van der Waals surface area (Å²) in [7, 11) is -0.680. The predicted molar refractivity (Wildman–Crippen MR) is 121 cm³/mol. The molecule has 0 atom stereocenters. The second-order valence-corrected chi connectivity index (χ2v) is 8.69. The van der Waals surface area contributed by atoms with E-state index in [-0.39, 0.29) is 0 Å². The van der Waals surface area contributed by atoms with Crippen molar-refractivity contribution in [1.82, 2.24) is 0 Å². The quantitative estimate of drug-likeness (QED) is 0.471. The zero-order valence-electron chi connectivity index (χ0n) is 15.5. The van der Waals surface area contributed by atoms with Gasteiger partial charge in [0, 0.05) is 23.1 Å². The molecule has 0 aliphatic carbocycles. The first-order chi connectivity index (χ1) is 13.8. The van der Waals surface area contributed by atoms with Crippen LogP contribution in [0.15, 0.2) is 109 Å². The van der Waals surface area contributed by atoms with Crippen LogP contribution >= 0.6 is 7.92 Å². The predicted octanol–water partition coefficient (Wildman–Crippen LogP) is 4.76. The molecule has 4 aromatic carbocycles. The van der Waals surface area contributed by atoms with Crippen LogP contribution in [-0.4, -0.2) is 5.11 Å². The summed E-state index contributed by atoms with van der Waals surface area (Å²) in [5.74, 6) is 0.320. The highest BCUT2D eigenvalue weighted by Crippen LogP contribution is 2.35. The number of rotatable bonds is 6. The van der Waals surface area contributed by atoms with Gasteiger partial charge >= 0.3 is 0 Å². The van der Waals surface area contributed by atoms with Crippen LogP contribution in [0.4, 0.5) is 5.69 Å². The maximum absolute atomic E-state index is 10.1. The van der Waals surface area contributed by atoms with Crippen LogP contribution in [-0.2, 0) is 6.54 Å². The largest absolute Gasteiger partial charge is 0.508 e. The van der Waals surface area contributed by atoms with Gasteiger partial charge in [-0.15, -0.1) is 0 Å². The van der Waals surface area contributed by atoms with Crippen molar-refractivity contribution < 1.29 is 5.11 Å². The average molecular weight is 383 g/mol. The number of aromatic hydroxyl groups is 1. The van der Waals surface area contributed by atoms with E-state index >= 15 is 0 Å². The van der Waals surface area contributed by atoms with Crippen LogP contribution < -0.4 is 21.2 Å². The molecule has 2 nitrogen and oxygen atoms in total. The first-order valence-corrected chi connectivity index (χ1v) is 10.7. The van der Waals surface area contributed by atoms with Crippen molar-refractivity contribution in [2.24, 2.45) is 0 Å². The minimum atomic E-state index is -0.680. The molecule has 0 aliphatic heterocycles. The Morgan fingerprint density at radius 3 is 1.79 bits per heavy atom. The fourth-order valence-corrected chi connectivity index (χ4v) is 5.67. The zero-order valence-corrected chi connectivity index (χ0v) is 16.4. The van der Waals surface area contributed by atoms with E-state index in [1.54, 1.807) is 6.07 Å². The number of hydrogen-bond acceptors (Lipinski definition) is 2. The number of nitrogens with one attached hydrogen (secondary N) is 1. The lowest BCUT2D eigenvalue weighted by atomic mass is 10.2. The summed E-state index contributed by atoms with van der Waals surface area (Å²) in [5.41, 5.74) is 1.99. The molecule has 138 valence electrons. The number of benzene rings is 4. The van der Waals surface area contributed by atoms with Gasteiger partial charge in [-0.05, 0) is 30.7 Å². The van der Waals surface area contributed by atoms with Crippen LogP contribution in [0.3, 0.4) is 0 Å². The van der Waals surface area contributed by atoms with E-state index in [4.69, 9.17) is 0 Å². The summed E-state index contributed by atoms with van der Waals surface area (Å²) in [5, 5.41) is 17.6. The van der Waals surface area contributed by atoms with Gasteiger partial charge in [0.15, 0.2) is 0 Å². The van der Waals surface area contributed by atoms with Crippen LogP contribution in [0, 0.1) is 0 Å². The summed E-state index contributed by atoms with van der Waals surface area (Å²) in [6.07, 6.45) is 0. The first kappa shape index (κ1) is 18.3. The molecule has 0 spiro atoms. The van der Waals surface area contributed by atoms with Gasteiger partial charge in [0.25, 0.3) is 0 Å². The summed E-state index contributed by atoms with van der Waals surface area (Å²) in [6.45, 7) is 0.580. The molecule has 0 aromatic heterocycles. The lowest BCUT2D eigenvalue weighted by molar-refractivity contribution is 0.469. The maximum atomic E-state index is 10.1. The van der Waals surface area contributed by atoms with E-state index in [0.29, 0.717) is 12.3 Å². The van der Waals surface area contributed by atoms with Crippen molar-refractivity contribution in [3.8, 4) is 5.75 Å². The highest BCUT2D eigenvalue weighted by molar-refractivity contribution is 7.80. The van der Waals surface area contributed by atoms with Crippen molar-refractivity contribution in [3.63, 3.8) is 0 Å². The van der Waals surface area contributed by atoms with Gasteiger partial charge in [0.2, 0.25) is 0 Å². The Hall–Kier alpha value is -3.09. The monoisotopic (exact) mass is 383 g/mol. The molecule has 3 heteroatoms. The van der Waals surface area contributed by atoms with E-state index in [9.17, 15) is 5.11 Å². The molecule has 0 saturated heterocycles. The standard InChI is InChI=1S/C25H22NOP/c27-24-17-9-7-11-20(24)19-26-23-16-8-10-18-25(23)28(21-12-3-1-4-13-21)22-14-5-2-6-15-22/h1-18,26-27H,19H2. The molecule has 0 bridgehead atoms. The van der Waals surface area contributed by atoms with Gasteiger partial charge in [-0.3, -0.25) is 0 Å². The molecule has 0 amide bonds. The summed E-state index contributed by atoms with van der Waals surface area (Å²) in [4.78, 5) is 0. The second kappa shape index (κ2) is 8.73. The van der Waals surface area contributed by atoms with Gasteiger partial charge in [-0.25, -0.2) is 0 Å². The molecule has 0 saturated carbocycles. The zero-order chi connectivity index (χ0) is 19.2. The van der Waals surface area contributed by atoms with Crippen LogP contribution in [0.5, 0.6) is 5.75 Å². The van der Waals surface area contributed by atoms with Crippen molar-refractivity contribution in [1.29, 1.82) is 0 Å². The molecule has 4 aromatic rings. The maximum Gasteiger partial charge on any atom is 0.120 e. The molecule has 2 N–H and O–H groups in total. The average Bonchev–Trinajstić information content (AvgIpc) is 2.76. The highest BCUT2D eigenvalue weighted by Gasteiger charge is 2.19. The Morgan fingerprint density at radius 1 is 0.607 bits per heavy atom. The van der Waals surface area contributed by atoms with Gasteiger partial charge in [-0.1, -0.05) is 97.1 Å². The number of para-hydroxylation sites is 2. The van der Waals surface area contributed by atoms with Crippen molar-refractivity contribution in [2.45, 2.75) is 6.54 Å². The second-order valence-electron chi connectivity index (χ2n) is 6.51. The lowest BCUT2D eigenvalue weighted by Crippen LogP contribution is -2.23. The summed E-state index contributed by atoms with van der Waals surface area (Å²) in [6, 6.07) is 37.3. The third-order valence-corrected chi connectivity index (χ3v) is 7.14. The highest BCUT2D eigenvalue weighted by atomic mass is 31.1. The van der Waals surface area contributed by atoms with E-state index in [2.05, 4.69) is 90.2 Å². The van der Waals surface area contributed by atoms with Gasteiger partial charge < -0.3 is 10.4 Å². The Kier molecular flexibility index (Phi) is 5.70. The van der Waals surface area contributed by atoms with E-state index in [1.807, 2.05) is 18.2 Å². The molecule has 28 heavy (non-hydrogen) atoms. The van der Waals surface area contributed by atoms with Gasteiger partial charge in [0.05, 0.1) is 0 Å². The van der Waals surface area contributed by atoms with Gasteiger partial charge in [0.1, 0.15) is 5.75 Å². The van der Waals surface area contributed by atoms with Gasteiger partial charge in [-0.2, -0.15) is 0 Å². The number of phenolic OH excluding ortho intramolecular Hbond substituents is 1. The van der Waals surface area contributed by atoms with Crippen molar-refractivity contribution in [3.05, 3.63) is 115 Å². The smallest absolute Gasteiger partial charge is 0.120 e. The molecule has 0 fully saturated rings. The third-order valence-electron chi connectivity index (χ3n) is 4.63. The van der Waals surface area contributed by atoms with Crippen LogP contribution in [0.2, 0.25) is 0 Å². The van der Waals surface area contributed by atoms with Crippen LogP contribution in [0.1, 0.15) is 5.56 Å². The normalized spacial score (nSPS) is 10.8. The molecule has 0 unspecified atom stereocenters. The minimum Gasteiger partial charge on any atom is -0.508 e. The van der Waals surface area contributed by atoms with E-state index < -0.39 is 7.92 Å². The van der Waals surface area contributed by atoms with Crippen molar-refractivity contribution >= 4 is 29.5 Å². The van der Waals surface area contributed by atoms with E-state index in [1.165, 1.54) is 15.9 Å². The third kappa shape index (κ3) is 4.08. The SMILES string of the molecule is Oc1ccccc1CNc1ccccc1P(c1ccccc1)c1ccccc1. The fraction of sp³-hybridized carbons (Fsp3) is 0.0400. The summed E-state index contributed by atoms with van der Waals surface area (Å²) < 4.78 is 0. The minimum absolute atomic E-state index is 0.320. The topological polar surface area (TPSA) is 32.3 Å². The number of hydrogen-bond donors (Lipinski definition) is 2. The molecular formula is C25H22NOP. The molecule has 0 aliphatic rings. The number of anilines is 1. The molecule has 0 heterocycles. The fourth-order valence-electron chi connectivity index (χ4n) is 3.25. The van der Waals surface area contributed by atoms with Crippen molar-refractivity contribution in [2.75, 3.05) is 5.32 Å². The first-order valence-electron chi connectivity index (χ1n) is 9.33. The lowest BCUT2D eigenvalue weighted by Gasteiger charge is -2.23. The Morgan fingerprint density at radius 2 is 1.14 bits per heavy atom. The Bertz CT molecular complexity index is 995. The molecule has 4 rings (SSSR count). The molecule has 0 radical (unpaired) electrons. The van der Waals surface area contributed by atoms with Crippen LogP contribution in [0.25, 0.3) is 0 Å². The Labute approximate surface area is 167 Å². The van der Waals surface area contributed by atoms with E-state index in [0.717, 1.165) is 11.3 Å². The Balaban J connectivity index is 1.72. The molecular weight excluding hydrogens is 361 g/mol.